The van der Waals surface area contributed by atoms with E-state index < -0.39 is 20.7 Å². The summed E-state index contributed by atoms with van der Waals surface area (Å²) in [6, 6.07) is 23.2. The molecule has 0 spiro atoms. The van der Waals surface area contributed by atoms with E-state index in [1.165, 1.54) is 0 Å². The van der Waals surface area contributed by atoms with Crippen molar-refractivity contribution >= 4 is 43.1 Å². The number of ketones is 2. The molecular formula is C27H24O8S2. The summed E-state index contributed by atoms with van der Waals surface area (Å²) >= 11 is 0. The van der Waals surface area contributed by atoms with Crippen LogP contribution in [0.2, 0.25) is 0 Å². The molecule has 10 heteroatoms. The highest BCUT2D eigenvalue weighted by Crippen LogP contribution is 2.47. The van der Waals surface area contributed by atoms with E-state index in [0.717, 1.165) is 44.2 Å². The molecule has 1 N–H and O–H groups in total. The lowest BCUT2D eigenvalue weighted by Crippen LogP contribution is -2.15. The Kier molecular flexibility index (Phi) is 8.66. The van der Waals surface area contributed by atoms with Gasteiger partial charge in [0.15, 0.2) is 11.6 Å². The Morgan fingerprint density at radius 2 is 0.784 bits per heavy atom. The van der Waals surface area contributed by atoms with Crippen LogP contribution in [0, 0.1) is 0 Å². The Morgan fingerprint density at radius 3 is 1.08 bits per heavy atom. The molecule has 0 bridgehead atoms. The number of benzene rings is 4. The fourth-order valence-corrected chi connectivity index (χ4v) is 4.44. The number of hydrogen-bond donors (Lipinski definition) is 1. The first-order chi connectivity index (χ1) is 16.5. The maximum absolute atomic E-state index is 13.1. The second kappa shape index (κ2) is 11.0. The van der Waals surface area contributed by atoms with Crippen LogP contribution in [-0.2, 0) is 20.7 Å². The van der Waals surface area contributed by atoms with E-state index >= 15 is 0 Å². The molecule has 0 saturated carbocycles. The van der Waals surface area contributed by atoms with Gasteiger partial charge in [-0.15, -0.1) is 12.6 Å². The highest BCUT2D eigenvalue weighted by atomic mass is 32.2. The van der Waals surface area contributed by atoms with E-state index in [4.69, 9.17) is 17.2 Å². The van der Waals surface area contributed by atoms with Crippen molar-refractivity contribution in [1.82, 2.24) is 0 Å². The molecule has 0 radical (unpaired) electrons. The van der Waals surface area contributed by atoms with Crippen LogP contribution in [0.25, 0.3) is 33.0 Å². The number of hydrogen-bond acceptors (Lipinski definition) is 7. The average Bonchev–Trinajstić information content (AvgIpc) is 2.80. The largest absolute Gasteiger partial charge is 0.425 e. The Morgan fingerprint density at radius 1 is 0.541 bits per heavy atom. The molecule has 0 heterocycles. The first-order valence-electron chi connectivity index (χ1n) is 10.1. The van der Waals surface area contributed by atoms with E-state index in [1.54, 1.807) is 0 Å². The van der Waals surface area contributed by atoms with Crippen LogP contribution in [0.15, 0.2) is 72.8 Å². The van der Waals surface area contributed by atoms with Gasteiger partial charge in [0.2, 0.25) is 0 Å². The molecule has 0 saturated heterocycles. The third kappa shape index (κ3) is 5.56. The van der Waals surface area contributed by atoms with Crippen molar-refractivity contribution in [2.24, 2.45) is 0 Å². The monoisotopic (exact) mass is 540 g/mol. The molecule has 6 rings (SSSR count). The van der Waals surface area contributed by atoms with Crippen LogP contribution >= 0.6 is 0 Å². The first-order valence-corrected chi connectivity index (χ1v) is 12.9. The summed E-state index contributed by atoms with van der Waals surface area (Å²) in [6.45, 7) is 0. The van der Waals surface area contributed by atoms with Gasteiger partial charge in [-0.05, 0) is 34.4 Å². The van der Waals surface area contributed by atoms with Crippen LogP contribution in [0.3, 0.4) is 0 Å². The normalized spacial score (nSPS) is 11.7. The molecule has 0 aromatic heterocycles. The van der Waals surface area contributed by atoms with Crippen molar-refractivity contribution < 1.29 is 35.2 Å². The van der Waals surface area contributed by atoms with Crippen LogP contribution < -0.4 is 0 Å². The van der Waals surface area contributed by atoms with Crippen molar-refractivity contribution in [1.29, 1.82) is 0 Å². The fraction of sp³-hybridized carbons (Fsp3) is 0.111. The minimum Gasteiger partial charge on any atom is -0.289 e. The minimum absolute atomic E-state index is 0. The van der Waals surface area contributed by atoms with Gasteiger partial charge in [-0.25, -0.2) is 0 Å². The molecule has 4 aromatic rings. The molecule has 4 aromatic carbocycles. The topological polar surface area (TPSA) is 140 Å². The number of rotatable bonds is 0. The smallest absolute Gasteiger partial charge is 0.289 e. The van der Waals surface area contributed by atoms with E-state index in [0.29, 0.717) is 17.4 Å². The van der Waals surface area contributed by atoms with Gasteiger partial charge < -0.3 is 0 Å². The second-order valence-electron chi connectivity index (χ2n) is 7.76. The van der Waals surface area contributed by atoms with Gasteiger partial charge in [0, 0.05) is 33.0 Å². The number of fused-ring (bicyclic) bond motifs is 4. The molecule has 0 aliphatic heterocycles. The standard InChI is InChI=1S/C24H12O2.CH4O3S.2CH4.O3S/c25-23-17-7-3-1-5-13(17)15-9-11-20-22-16(10-12-19(23)21(15)22)14-6-2-4-8-18(14)24(20)26;1-5(2,3)4;;;1-4(2)3/h1-12H;1H3,(H,2,3,4);2*1H4;. The third-order valence-electron chi connectivity index (χ3n) is 5.57. The lowest BCUT2D eigenvalue weighted by molar-refractivity contribution is 0.103. The van der Waals surface area contributed by atoms with Gasteiger partial charge in [0.1, 0.15) is 0 Å². The summed E-state index contributed by atoms with van der Waals surface area (Å²) in [7, 11) is -6.78. The molecule has 8 nitrogen and oxygen atoms in total. The summed E-state index contributed by atoms with van der Waals surface area (Å²) in [5, 5.41) is 1.82. The van der Waals surface area contributed by atoms with Crippen LogP contribution in [0.5, 0.6) is 0 Å². The van der Waals surface area contributed by atoms with Gasteiger partial charge >= 0.3 is 10.6 Å². The van der Waals surface area contributed by atoms with Gasteiger partial charge in [0.05, 0.1) is 6.26 Å². The third-order valence-corrected chi connectivity index (χ3v) is 5.57. The maximum atomic E-state index is 13.1. The van der Waals surface area contributed by atoms with E-state index in [1.807, 2.05) is 72.8 Å². The molecule has 2 aliphatic rings. The predicted octanol–water partition coefficient (Wildman–Crippen LogP) is 5.03. The van der Waals surface area contributed by atoms with Crippen LogP contribution in [0.4, 0.5) is 0 Å². The zero-order valence-corrected chi connectivity index (χ0v) is 19.7. The van der Waals surface area contributed by atoms with Crippen molar-refractivity contribution in [2.75, 3.05) is 6.26 Å². The summed E-state index contributed by atoms with van der Waals surface area (Å²) in [5.74, 6) is 0.0613. The summed E-state index contributed by atoms with van der Waals surface area (Å²) in [5.41, 5.74) is 6.78. The molecule has 0 unspecified atom stereocenters. The van der Waals surface area contributed by atoms with Crippen molar-refractivity contribution in [3.05, 3.63) is 95.1 Å². The summed E-state index contributed by atoms with van der Waals surface area (Å²) in [4.78, 5) is 26.1. The lowest BCUT2D eigenvalue weighted by Gasteiger charge is -2.26. The first kappa shape index (κ1) is 29.2. The Hall–Kier alpha value is -3.99. The second-order valence-corrected chi connectivity index (χ2v) is 9.63. The quantitative estimate of drug-likeness (QED) is 0.265. The van der Waals surface area contributed by atoms with Crippen LogP contribution in [0.1, 0.15) is 46.7 Å². The summed E-state index contributed by atoms with van der Waals surface area (Å²) in [6.07, 6.45) is 0.715. The molecule has 2 aliphatic carbocycles. The SMILES string of the molecule is C.C.CS(=O)(=O)O.O=C1c2ccccc2-c2ccc3c4c(ccc1c24)-c1ccccc1C3=O.O=S(=O)=O. The Bertz CT molecular complexity index is 1650. The van der Waals surface area contributed by atoms with E-state index in [-0.39, 0.29) is 26.4 Å². The van der Waals surface area contributed by atoms with E-state index in [2.05, 4.69) is 0 Å². The molecule has 0 fully saturated rings. The molecule has 0 atom stereocenters. The van der Waals surface area contributed by atoms with Gasteiger partial charge in [0.25, 0.3) is 10.1 Å². The molecule has 0 amide bonds. The predicted molar refractivity (Wildman–Crippen MR) is 142 cm³/mol. The molecule has 192 valence electrons. The number of carbonyl (C=O) groups excluding carboxylic acids is 2. The zero-order valence-electron chi connectivity index (χ0n) is 18.0. The molecule has 37 heavy (non-hydrogen) atoms. The van der Waals surface area contributed by atoms with E-state index in [9.17, 15) is 18.0 Å². The van der Waals surface area contributed by atoms with Crippen molar-refractivity contribution in [3.8, 4) is 22.3 Å². The van der Waals surface area contributed by atoms with Crippen molar-refractivity contribution in [3.63, 3.8) is 0 Å². The van der Waals surface area contributed by atoms with Crippen molar-refractivity contribution in [2.45, 2.75) is 14.9 Å². The Labute approximate surface area is 216 Å². The minimum atomic E-state index is -3.67. The fourth-order valence-electron chi connectivity index (χ4n) is 4.44. The van der Waals surface area contributed by atoms with Gasteiger partial charge in [-0.1, -0.05) is 75.5 Å². The zero-order chi connectivity index (χ0) is 25.5. The lowest BCUT2D eigenvalue weighted by atomic mass is 9.76. The van der Waals surface area contributed by atoms with Gasteiger partial charge in [-0.2, -0.15) is 8.42 Å². The number of carbonyl (C=O) groups is 2. The van der Waals surface area contributed by atoms with Gasteiger partial charge in [-0.3, -0.25) is 14.1 Å². The summed E-state index contributed by atoms with van der Waals surface area (Å²) < 4.78 is 51.2. The molecular weight excluding hydrogens is 516 g/mol. The highest BCUT2D eigenvalue weighted by molar-refractivity contribution is 7.85. The Balaban J connectivity index is 0.000000384. The average molecular weight is 541 g/mol. The van der Waals surface area contributed by atoms with Crippen LogP contribution in [-0.4, -0.2) is 43.4 Å². The highest BCUT2D eigenvalue weighted by Gasteiger charge is 2.31. The maximum Gasteiger partial charge on any atom is 0.425 e.